The van der Waals surface area contributed by atoms with Gasteiger partial charge in [-0.15, -0.1) is 0 Å². The summed E-state index contributed by atoms with van der Waals surface area (Å²) in [6.45, 7) is 0.433. The zero-order chi connectivity index (χ0) is 22.3. The van der Waals surface area contributed by atoms with E-state index in [0.717, 1.165) is 33.4 Å². The number of hydrogen-bond acceptors (Lipinski definition) is 3. The minimum absolute atomic E-state index is 0.393. The molecule has 4 nitrogen and oxygen atoms in total. The number of carbonyl (C=O) groups excluding carboxylic acids is 1. The molecule has 1 aromatic heterocycles. The Morgan fingerprint density at radius 2 is 1.44 bits per heavy atom. The first-order valence-corrected chi connectivity index (χ1v) is 12.0. The molecule has 32 heavy (non-hydrogen) atoms. The number of hydrogen-bond donors (Lipinski definition) is 1. The van der Waals surface area contributed by atoms with Crippen LogP contribution in [0.25, 0.3) is 28.2 Å². The Kier molecular flexibility index (Phi) is 7.53. The van der Waals surface area contributed by atoms with E-state index in [0.29, 0.717) is 12.3 Å². The number of thioether (sulfide) groups is 1. The largest absolute Gasteiger partial charge is 0.353 e. The second-order valence-electron chi connectivity index (χ2n) is 6.93. The fourth-order valence-electron chi connectivity index (χ4n) is 3.37. The quantitative estimate of drug-likeness (QED) is 0.184. The first kappa shape index (κ1) is 22.5. The molecule has 0 aliphatic carbocycles. The number of nitrogens with one attached hydrogen (secondary N) is 1. The SMILES string of the molecule is O=C(NCCSc1nc(-c2ccccc2)c(-c2ccccc2)n1-c1ccccc1)C(Cl)Cl. The lowest BCUT2D eigenvalue weighted by Gasteiger charge is -2.13. The van der Waals surface area contributed by atoms with Crippen LogP contribution < -0.4 is 5.32 Å². The number of amides is 1. The van der Waals surface area contributed by atoms with Gasteiger partial charge in [0, 0.05) is 29.1 Å². The summed E-state index contributed by atoms with van der Waals surface area (Å²) in [5.74, 6) is 0.230. The second kappa shape index (κ2) is 10.7. The molecular weight excluding hydrogens is 461 g/mol. The molecule has 7 heteroatoms. The molecule has 0 aliphatic rings. The van der Waals surface area contributed by atoms with Gasteiger partial charge in [-0.25, -0.2) is 4.98 Å². The molecule has 4 rings (SSSR count). The minimum Gasteiger partial charge on any atom is -0.353 e. The van der Waals surface area contributed by atoms with E-state index in [1.807, 2.05) is 54.6 Å². The van der Waals surface area contributed by atoms with Crippen LogP contribution in [0.15, 0.2) is 96.2 Å². The molecule has 0 saturated heterocycles. The number of imidazole rings is 1. The van der Waals surface area contributed by atoms with Crippen LogP contribution in [0.2, 0.25) is 0 Å². The van der Waals surface area contributed by atoms with Crippen molar-refractivity contribution in [1.82, 2.24) is 14.9 Å². The van der Waals surface area contributed by atoms with E-state index in [2.05, 4.69) is 46.3 Å². The van der Waals surface area contributed by atoms with Crippen LogP contribution in [0.4, 0.5) is 0 Å². The lowest BCUT2D eigenvalue weighted by Crippen LogP contribution is -2.30. The van der Waals surface area contributed by atoms with E-state index in [9.17, 15) is 4.79 Å². The van der Waals surface area contributed by atoms with Crippen molar-refractivity contribution in [2.75, 3.05) is 12.3 Å². The summed E-state index contributed by atoms with van der Waals surface area (Å²) < 4.78 is 2.18. The molecule has 162 valence electrons. The van der Waals surface area contributed by atoms with Crippen molar-refractivity contribution in [3.05, 3.63) is 91.0 Å². The molecule has 1 heterocycles. The average Bonchev–Trinajstić information content (AvgIpc) is 3.22. The van der Waals surface area contributed by atoms with Gasteiger partial charge in [0.25, 0.3) is 5.91 Å². The van der Waals surface area contributed by atoms with E-state index in [-0.39, 0.29) is 0 Å². The molecule has 3 aromatic carbocycles. The average molecular weight is 482 g/mol. The molecule has 1 N–H and O–H groups in total. The zero-order valence-corrected chi connectivity index (χ0v) is 19.4. The fraction of sp³-hybridized carbons (Fsp3) is 0.120. The maximum absolute atomic E-state index is 11.7. The number of halogens is 2. The van der Waals surface area contributed by atoms with E-state index in [1.165, 1.54) is 0 Å². The summed E-state index contributed by atoms with van der Waals surface area (Å²) in [6.07, 6.45) is 0. The first-order valence-electron chi connectivity index (χ1n) is 10.1. The van der Waals surface area contributed by atoms with Crippen LogP contribution in [0.5, 0.6) is 0 Å². The summed E-state index contributed by atoms with van der Waals surface area (Å²) in [4.78, 5) is 15.6. The van der Waals surface area contributed by atoms with Crippen LogP contribution in [0.3, 0.4) is 0 Å². The smallest absolute Gasteiger partial charge is 0.253 e. The van der Waals surface area contributed by atoms with Crippen molar-refractivity contribution in [1.29, 1.82) is 0 Å². The molecule has 0 fully saturated rings. The van der Waals surface area contributed by atoms with Gasteiger partial charge in [-0.2, -0.15) is 0 Å². The Morgan fingerprint density at radius 1 is 0.875 bits per heavy atom. The number of aromatic nitrogens is 2. The van der Waals surface area contributed by atoms with Gasteiger partial charge in [-0.05, 0) is 12.1 Å². The number of benzene rings is 3. The van der Waals surface area contributed by atoms with Crippen molar-refractivity contribution in [2.24, 2.45) is 0 Å². The highest BCUT2D eigenvalue weighted by atomic mass is 35.5. The fourth-order valence-corrected chi connectivity index (χ4v) is 4.39. The van der Waals surface area contributed by atoms with Gasteiger partial charge in [0.15, 0.2) is 9.99 Å². The van der Waals surface area contributed by atoms with Crippen LogP contribution in [-0.4, -0.2) is 32.6 Å². The summed E-state index contributed by atoms with van der Waals surface area (Å²) in [5.41, 5.74) is 5.08. The van der Waals surface area contributed by atoms with Crippen molar-refractivity contribution >= 4 is 40.9 Å². The summed E-state index contributed by atoms with van der Waals surface area (Å²) >= 11 is 12.8. The van der Waals surface area contributed by atoms with Gasteiger partial charge in [0.2, 0.25) is 0 Å². The monoisotopic (exact) mass is 481 g/mol. The van der Waals surface area contributed by atoms with Crippen LogP contribution in [0.1, 0.15) is 0 Å². The van der Waals surface area contributed by atoms with Gasteiger partial charge in [0.1, 0.15) is 0 Å². The van der Waals surface area contributed by atoms with E-state index in [1.54, 1.807) is 11.8 Å². The summed E-state index contributed by atoms with van der Waals surface area (Å²) in [7, 11) is 0. The molecular formula is C25H21Cl2N3OS. The predicted molar refractivity (Wildman–Crippen MR) is 134 cm³/mol. The highest BCUT2D eigenvalue weighted by Crippen LogP contribution is 2.38. The van der Waals surface area contributed by atoms with Crippen molar-refractivity contribution in [3.63, 3.8) is 0 Å². The molecule has 4 aromatic rings. The lowest BCUT2D eigenvalue weighted by molar-refractivity contribution is -0.119. The third kappa shape index (κ3) is 5.18. The Hall–Kier alpha value is -2.73. The second-order valence-corrected chi connectivity index (χ2v) is 9.09. The highest BCUT2D eigenvalue weighted by Gasteiger charge is 2.21. The number of rotatable bonds is 8. The van der Waals surface area contributed by atoms with Gasteiger partial charge in [-0.3, -0.25) is 9.36 Å². The first-order chi connectivity index (χ1) is 15.6. The maximum Gasteiger partial charge on any atom is 0.253 e. The molecule has 0 spiro atoms. The van der Waals surface area contributed by atoms with Gasteiger partial charge in [-0.1, -0.05) is 114 Å². The van der Waals surface area contributed by atoms with E-state index in [4.69, 9.17) is 28.2 Å². The topological polar surface area (TPSA) is 46.9 Å². The number of para-hydroxylation sites is 1. The van der Waals surface area contributed by atoms with Crippen molar-refractivity contribution in [2.45, 2.75) is 9.99 Å². The molecule has 0 saturated carbocycles. The Balaban J connectivity index is 1.79. The summed E-state index contributed by atoms with van der Waals surface area (Å²) in [5, 5.41) is 3.58. The standard InChI is InChI=1S/C25H21Cl2N3OS/c26-23(27)24(31)28-16-17-32-25-29-21(18-10-4-1-5-11-18)22(19-12-6-2-7-13-19)30(25)20-14-8-3-9-15-20/h1-15,23H,16-17H2,(H,28,31). The Labute approximate surface area is 201 Å². The Morgan fingerprint density at radius 3 is 2.03 bits per heavy atom. The number of carbonyl (C=O) groups is 1. The molecule has 0 unspecified atom stereocenters. The molecule has 0 aliphatic heterocycles. The third-order valence-corrected chi connectivity index (χ3v) is 6.12. The summed E-state index contributed by atoms with van der Waals surface area (Å²) in [6, 6.07) is 30.6. The van der Waals surface area contributed by atoms with Crippen LogP contribution in [0, 0.1) is 0 Å². The Bertz CT molecular complexity index is 1170. The highest BCUT2D eigenvalue weighted by molar-refractivity contribution is 7.99. The van der Waals surface area contributed by atoms with E-state index < -0.39 is 10.7 Å². The maximum atomic E-state index is 11.7. The van der Waals surface area contributed by atoms with Crippen molar-refractivity contribution in [3.8, 4) is 28.2 Å². The van der Waals surface area contributed by atoms with Gasteiger partial charge >= 0.3 is 0 Å². The van der Waals surface area contributed by atoms with Crippen molar-refractivity contribution < 1.29 is 4.79 Å². The minimum atomic E-state index is -1.07. The van der Waals surface area contributed by atoms with Crippen LogP contribution in [-0.2, 0) is 4.79 Å². The van der Waals surface area contributed by atoms with Gasteiger partial charge in [0.05, 0.1) is 11.4 Å². The lowest BCUT2D eigenvalue weighted by atomic mass is 10.0. The third-order valence-electron chi connectivity index (χ3n) is 4.79. The predicted octanol–water partition coefficient (Wildman–Crippen LogP) is 6.22. The molecule has 0 radical (unpaired) electrons. The number of nitrogens with zero attached hydrogens (tertiary/aromatic N) is 2. The van der Waals surface area contributed by atoms with Crippen LogP contribution >= 0.6 is 35.0 Å². The molecule has 0 bridgehead atoms. The molecule has 0 atom stereocenters. The molecule has 1 amide bonds. The zero-order valence-electron chi connectivity index (χ0n) is 17.1. The normalized spacial score (nSPS) is 11.0. The van der Waals surface area contributed by atoms with Gasteiger partial charge < -0.3 is 5.32 Å². The van der Waals surface area contributed by atoms with E-state index >= 15 is 0 Å². The number of alkyl halides is 2.